The lowest BCUT2D eigenvalue weighted by molar-refractivity contribution is 0.0940. The Morgan fingerprint density at radius 3 is 2.54 bits per heavy atom. The molecule has 1 saturated heterocycles. The Balaban J connectivity index is 1.60. The van der Waals surface area contributed by atoms with Crippen LogP contribution in [-0.2, 0) is 5.41 Å². The largest absolute Gasteiger partial charge is 0.354 e. The van der Waals surface area contributed by atoms with Gasteiger partial charge in [0, 0.05) is 30.9 Å². The third-order valence-electron chi connectivity index (χ3n) is 4.51. The van der Waals surface area contributed by atoms with Crippen molar-refractivity contribution in [3.05, 3.63) is 59.8 Å². The summed E-state index contributed by atoms with van der Waals surface area (Å²) in [6, 6.07) is 14.0. The Labute approximate surface area is 143 Å². The van der Waals surface area contributed by atoms with Crippen LogP contribution < -0.4 is 10.2 Å². The Morgan fingerprint density at radius 1 is 1.17 bits per heavy atom. The van der Waals surface area contributed by atoms with Crippen LogP contribution in [0.3, 0.4) is 0 Å². The lowest BCUT2D eigenvalue weighted by atomic mass is 9.86. The molecule has 1 amide bonds. The first-order chi connectivity index (χ1) is 11.4. The number of hydrogen-bond acceptors (Lipinski definition) is 3. The number of rotatable bonds is 3. The van der Waals surface area contributed by atoms with Crippen molar-refractivity contribution < 1.29 is 4.79 Å². The number of hydrogen-bond donors (Lipinski definition) is 1. The molecule has 126 valence electrons. The third kappa shape index (κ3) is 3.75. The average molecular weight is 323 g/mol. The molecule has 0 spiro atoms. The maximum atomic E-state index is 12.5. The quantitative estimate of drug-likeness (QED) is 0.942. The zero-order valence-corrected chi connectivity index (χ0v) is 14.6. The molecule has 0 radical (unpaired) electrons. The standard InChI is InChI=1S/C20H25N3O/c1-20(2,3)16-9-7-15(8-10-16)19(24)22-17-11-13-23(14-17)18-6-4-5-12-21-18/h4-10,12,17H,11,13-14H2,1-3H3,(H,22,24). The van der Waals surface area contributed by atoms with Crippen LogP contribution in [0.1, 0.15) is 43.1 Å². The molecule has 1 N–H and O–H groups in total. The molecule has 1 fully saturated rings. The van der Waals surface area contributed by atoms with Crippen molar-refractivity contribution in [1.82, 2.24) is 10.3 Å². The summed E-state index contributed by atoms with van der Waals surface area (Å²) < 4.78 is 0. The van der Waals surface area contributed by atoms with Gasteiger partial charge in [0.2, 0.25) is 0 Å². The molecular weight excluding hydrogens is 298 g/mol. The molecule has 1 atom stereocenters. The van der Waals surface area contributed by atoms with Gasteiger partial charge in [0.1, 0.15) is 5.82 Å². The molecule has 1 aromatic carbocycles. The second-order valence-electron chi connectivity index (χ2n) is 7.42. The average Bonchev–Trinajstić information content (AvgIpc) is 3.03. The minimum absolute atomic E-state index is 0.00308. The monoisotopic (exact) mass is 323 g/mol. The minimum atomic E-state index is 0.00308. The van der Waals surface area contributed by atoms with Gasteiger partial charge in [-0.1, -0.05) is 39.0 Å². The highest BCUT2D eigenvalue weighted by atomic mass is 16.1. The van der Waals surface area contributed by atoms with Gasteiger partial charge in [0.15, 0.2) is 0 Å². The fourth-order valence-corrected chi connectivity index (χ4v) is 3.02. The van der Waals surface area contributed by atoms with Gasteiger partial charge in [-0.15, -0.1) is 0 Å². The van der Waals surface area contributed by atoms with Crippen LogP contribution in [0.15, 0.2) is 48.7 Å². The van der Waals surface area contributed by atoms with Gasteiger partial charge < -0.3 is 10.2 Å². The predicted octanol–water partition coefficient (Wildman–Crippen LogP) is 3.39. The molecule has 2 heterocycles. The van der Waals surface area contributed by atoms with Gasteiger partial charge in [-0.25, -0.2) is 4.98 Å². The number of nitrogens with zero attached hydrogens (tertiary/aromatic N) is 2. The highest BCUT2D eigenvalue weighted by Crippen LogP contribution is 2.22. The Kier molecular flexibility index (Phi) is 4.56. The number of pyridine rings is 1. The van der Waals surface area contributed by atoms with Crippen LogP contribution in [0, 0.1) is 0 Å². The van der Waals surface area contributed by atoms with E-state index in [2.05, 4.69) is 36.0 Å². The molecule has 0 aliphatic carbocycles. The Morgan fingerprint density at radius 2 is 1.92 bits per heavy atom. The number of anilines is 1. The molecule has 0 bridgehead atoms. The summed E-state index contributed by atoms with van der Waals surface area (Å²) in [5.74, 6) is 0.979. The van der Waals surface area contributed by atoms with Crippen molar-refractivity contribution in [3.8, 4) is 0 Å². The smallest absolute Gasteiger partial charge is 0.251 e. The molecule has 3 rings (SSSR count). The molecule has 1 aliphatic heterocycles. The van der Waals surface area contributed by atoms with E-state index in [0.717, 1.165) is 30.9 Å². The van der Waals surface area contributed by atoms with E-state index in [1.807, 2.05) is 42.5 Å². The van der Waals surface area contributed by atoms with Crippen molar-refractivity contribution in [1.29, 1.82) is 0 Å². The first-order valence-corrected chi connectivity index (χ1v) is 8.51. The first kappa shape index (κ1) is 16.5. The fourth-order valence-electron chi connectivity index (χ4n) is 3.02. The zero-order chi connectivity index (χ0) is 17.2. The lowest BCUT2D eigenvalue weighted by Gasteiger charge is -2.20. The van der Waals surface area contributed by atoms with Crippen LogP contribution in [0.2, 0.25) is 0 Å². The maximum Gasteiger partial charge on any atom is 0.251 e. The second-order valence-corrected chi connectivity index (χ2v) is 7.42. The molecule has 2 aromatic rings. The molecule has 0 saturated carbocycles. The van der Waals surface area contributed by atoms with E-state index in [0.29, 0.717) is 0 Å². The molecule has 1 aliphatic rings. The van der Waals surface area contributed by atoms with Gasteiger partial charge in [0.25, 0.3) is 5.91 Å². The van der Waals surface area contributed by atoms with E-state index >= 15 is 0 Å². The van der Waals surface area contributed by atoms with Crippen molar-refractivity contribution >= 4 is 11.7 Å². The summed E-state index contributed by atoms with van der Waals surface area (Å²) in [4.78, 5) is 19.1. The molecule has 24 heavy (non-hydrogen) atoms. The number of amides is 1. The van der Waals surface area contributed by atoms with Crippen LogP contribution in [-0.4, -0.2) is 30.0 Å². The van der Waals surface area contributed by atoms with E-state index in [9.17, 15) is 4.79 Å². The number of carbonyl (C=O) groups is 1. The van der Waals surface area contributed by atoms with Gasteiger partial charge in [-0.2, -0.15) is 0 Å². The summed E-state index contributed by atoms with van der Waals surface area (Å²) in [5.41, 5.74) is 2.06. The Bertz CT molecular complexity index is 689. The first-order valence-electron chi connectivity index (χ1n) is 8.51. The SMILES string of the molecule is CC(C)(C)c1ccc(C(=O)NC2CCN(c3ccccn3)C2)cc1. The predicted molar refractivity (Wildman–Crippen MR) is 97.5 cm³/mol. The van der Waals surface area contributed by atoms with Crippen molar-refractivity contribution in [2.45, 2.75) is 38.6 Å². The van der Waals surface area contributed by atoms with Crippen molar-refractivity contribution in [2.75, 3.05) is 18.0 Å². The third-order valence-corrected chi connectivity index (χ3v) is 4.51. The normalized spacial score (nSPS) is 17.8. The van der Waals surface area contributed by atoms with E-state index in [1.165, 1.54) is 5.56 Å². The molecule has 4 heteroatoms. The van der Waals surface area contributed by atoms with Crippen molar-refractivity contribution in [3.63, 3.8) is 0 Å². The van der Waals surface area contributed by atoms with Crippen LogP contribution >= 0.6 is 0 Å². The fraction of sp³-hybridized carbons (Fsp3) is 0.400. The number of carbonyl (C=O) groups excluding carboxylic acids is 1. The highest BCUT2D eigenvalue weighted by molar-refractivity contribution is 5.94. The lowest BCUT2D eigenvalue weighted by Crippen LogP contribution is -2.37. The molecule has 1 aromatic heterocycles. The van der Waals surface area contributed by atoms with E-state index in [4.69, 9.17) is 0 Å². The van der Waals surface area contributed by atoms with Gasteiger partial charge in [0.05, 0.1) is 0 Å². The summed E-state index contributed by atoms with van der Waals surface area (Å²) >= 11 is 0. The van der Waals surface area contributed by atoms with Gasteiger partial charge >= 0.3 is 0 Å². The minimum Gasteiger partial charge on any atom is -0.354 e. The maximum absolute atomic E-state index is 12.5. The second kappa shape index (κ2) is 6.63. The highest BCUT2D eigenvalue weighted by Gasteiger charge is 2.25. The van der Waals surface area contributed by atoms with Crippen LogP contribution in [0.5, 0.6) is 0 Å². The number of aromatic nitrogens is 1. The number of benzene rings is 1. The topological polar surface area (TPSA) is 45.2 Å². The van der Waals surface area contributed by atoms with Crippen LogP contribution in [0.25, 0.3) is 0 Å². The van der Waals surface area contributed by atoms with Gasteiger partial charge in [-0.3, -0.25) is 4.79 Å². The summed E-state index contributed by atoms with van der Waals surface area (Å²) in [6.45, 7) is 8.25. The molecular formula is C20H25N3O. The summed E-state index contributed by atoms with van der Waals surface area (Å²) in [5, 5.41) is 3.14. The van der Waals surface area contributed by atoms with E-state index in [1.54, 1.807) is 6.20 Å². The Hall–Kier alpha value is -2.36. The summed E-state index contributed by atoms with van der Waals surface area (Å²) in [6.07, 6.45) is 2.75. The van der Waals surface area contributed by atoms with Gasteiger partial charge in [-0.05, 0) is 41.7 Å². The van der Waals surface area contributed by atoms with Crippen LogP contribution in [0.4, 0.5) is 5.82 Å². The zero-order valence-electron chi connectivity index (χ0n) is 14.6. The molecule has 4 nitrogen and oxygen atoms in total. The van der Waals surface area contributed by atoms with E-state index in [-0.39, 0.29) is 17.4 Å². The van der Waals surface area contributed by atoms with Crippen molar-refractivity contribution in [2.24, 2.45) is 0 Å². The van der Waals surface area contributed by atoms with E-state index < -0.39 is 0 Å². The molecule has 1 unspecified atom stereocenters. The number of nitrogens with one attached hydrogen (secondary N) is 1. The summed E-state index contributed by atoms with van der Waals surface area (Å²) in [7, 11) is 0.